The molecule has 1 aliphatic heterocycles. The van der Waals surface area contributed by atoms with Gasteiger partial charge in [0.1, 0.15) is 41.3 Å². The molecule has 1 heterocycles. The molecule has 6 N–H and O–H groups in total. The molecule has 1 aliphatic rings. The minimum absolute atomic E-state index is 0.0112. The van der Waals surface area contributed by atoms with E-state index in [1.165, 1.54) is 24.3 Å². The van der Waals surface area contributed by atoms with Crippen molar-refractivity contribution in [3.8, 4) is 11.5 Å². The summed E-state index contributed by atoms with van der Waals surface area (Å²) < 4.78 is 5.44. The highest BCUT2D eigenvalue weighted by molar-refractivity contribution is 5.95. The van der Waals surface area contributed by atoms with Gasteiger partial charge in [0, 0.05) is 32.4 Å². The largest absolute Gasteiger partial charge is 0.508 e. The van der Waals surface area contributed by atoms with Crippen molar-refractivity contribution in [2.45, 2.75) is 103 Å². The van der Waals surface area contributed by atoms with E-state index in [0.717, 1.165) is 24.8 Å². The number of nitrogens with zero attached hydrogens (tertiary/aromatic N) is 1. The van der Waals surface area contributed by atoms with Gasteiger partial charge in [0.2, 0.25) is 23.6 Å². The predicted molar refractivity (Wildman–Crippen MR) is 208 cm³/mol. The number of phenolic OH excluding ortho intramolecular Hbond substituents is 2. The number of likely N-dealkylation sites (tertiary alicyclic amines) is 1. The first-order chi connectivity index (χ1) is 26.1. The van der Waals surface area contributed by atoms with Crippen LogP contribution < -0.4 is 21.3 Å². The summed E-state index contributed by atoms with van der Waals surface area (Å²) in [6.07, 6.45) is 2.07. The molecule has 0 radical (unpaired) electrons. The minimum Gasteiger partial charge on any atom is -0.508 e. The van der Waals surface area contributed by atoms with E-state index in [2.05, 4.69) is 21.3 Å². The van der Waals surface area contributed by atoms with Gasteiger partial charge in [0.15, 0.2) is 0 Å². The summed E-state index contributed by atoms with van der Waals surface area (Å²) in [4.78, 5) is 70.8. The molecule has 296 valence electrons. The molecular formula is C42H55N5O8. The van der Waals surface area contributed by atoms with Crippen LogP contribution in [0.25, 0.3) is 0 Å². The second-order valence-corrected chi connectivity index (χ2v) is 15.4. The predicted octanol–water partition coefficient (Wildman–Crippen LogP) is 4.14. The van der Waals surface area contributed by atoms with E-state index >= 15 is 0 Å². The van der Waals surface area contributed by atoms with Crippen molar-refractivity contribution in [2.24, 2.45) is 5.92 Å². The average Bonchev–Trinajstić information content (AvgIpc) is 3.14. The van der Waals surface area contributed by atoms with E-state index in [4.69, 9.17) is 4.74 Å². The zero-order valence-electron chi connectivity index (χ0n) is 32.3. The van der Waals surface area contributed by atoms with Crippen LogP contribution in [-0.4, -0.2) is 87.7 Å². The first-order valence-corrected chi connectivity index (χ1v) is 18.9. The number of nitrogens with one attached hydrogen (secondary N) is 4. The molecule has 0 saturated carbocycles. The summed E-state index contributed by atoms with van der Waals surface area (Å²) in [5, 5.41) is 31.0. The number of benzene rings is 3. The van der Waals surface area contributed by atoms with Gasteiger partial charge in [-0.05, 0) is 86.9 Å². The third-order valence-corrected chi connectivity index (χ3v) is 9.21. The van der Waals surface area contributed by atoms with Crippen molar-refractivity contribution in [1.29, 1.82) is 0 Å². The maximum atomic E-state index is 14.3. The molecule has 5 amide bonds. The SMILES string of the molecule is CC(C)[C@H](NC(=O)[C@H](Cc1ccc(O)cc1)NC(=O)[C@H](Cc1ccc(O)cc1)NC(=O)[C@H](Cc1ccccc1)NC(=O)OC(C)(C)C)C(=O)N1CCCCC1. The highest BCUT2D eigenvalue weighted by atomic mass is 16.6. The fourth-order valence-corrected chi connectivity index (χ4v) is 6.29. The Bertz CT molecular complexity index is 1740. The normalized spacial score (nSPS) is 15.2. The molecule has 13 nitrogen and oxygen atoms in total. The number of carbonyl (C=O) groups excluding carboxylic acids is 5. The molecular weight excluding hydrogens is 702 g/mol. The minimum atomic E-state index is -1.25. The number of carbonyl (C=O) groups is 5. The van der Waals surface area contributed by atoms with E-state index in [1.807, 2.05) is 44.2 Å². The van der Waals surface area contributed by atoms with Crippen LogP contribution in [0.1, 0.15) is 70.6 Å². The van der Waals surface area contributed by atoms with E-state index in [-0.39, 0.29) is 42.6 Å². The molecule has 0 aromatic heterocycles. The molecule has 0 aliphatic carbocycles. The van der Waals surface area contributed by atoms with Crippen LogP contribution in [0.15, 0.2) is 78.9 Å². The Labute approximate surface area is 323 Å². The van der Waals surface area contributed by atoms with Crippen molar-refractivity contribution in [1.82, 2.24) is 26.2 Å². The van der Waals surface area contributed by atoms with Crippen LogP contribution in [0.2, 0.25) is 0 Å². The van der Waals surface area contributed by atoms with Gasteiger partial charge in [-0.15, -0.1) is 0 Å². The number of rotatable bonds is 15. The fourth-order valence-electron chi connectivity index (χ4n) is 6.29. The number of phenols is 2. The van der Waals surface area contributed by atoms with Crippen LogP contribution in [-0.2, 0) is 43.2 Å². The van der Waals surface area contributed by atoms with Gasteiger partial charge in [0.25, 0.3) is 0 Å². The molecule has 1 saturated heterocycles. The van der Waals surface area contributed by atoms with E-state index in [9.17, 15) is 34.2 Å². The van der Waals surface area contributed by atoms with Crippen LogP contribution in [0.4, 0.5) is 4.79 Å². The number of aromatic hydroxyl groups is 2. The molecule has 55 heavy (non-hydrogen) atoms. The summed E-state index contributed by atoms with van der Waals surface area (Å²) in [5.74, 6) is -2.33. The summed E-state index contributed by atoms with van der Waals surface area (Å²) in [6, 6.07) is 17.0. The van der Waals surface area contributed by atoms with Crippen molar-refractivity contribution < 1.29 is 38.9 Å². The quantitative estimate of drug-likeness (QED) is 0.134. The number of hydrogen-bond donors (Lipinski definition) is 6. The molecule has 1 fully saturated rings. The molecule has 3 aromatic rings. The Hall–Kier alpha value is -5.59. The van der Waals surface area contributed by atoms with E-state index < -0.39 is 53.6 Å². The first-order valence-electron chi connectivity index (χ1n) is 18.9. The van der Waals surface area contributed by atoms with Gasteiger partial charge in [-0.3, -0.25) is 19.2 Å². The lowest BCUT2D eigenvalue weighted by atomic mass is 9.98. The smallest absolute Gasteiger partial charge is 0.408 e. The van der Waals surface area contributed by atoms with Crippen LogP contribution in [0.5, 0.6) is 11.5 Å². The maximum absolute atomic E-state index is 14.3. The molecule has 0 bridgehead atoms. The second-order valence-electron chi connectivity index (χ2n) is 15.4. The highest BCUT2D eigenvalue weighted by Gasteiger charge is 2.34. The highest BCUT2D eigenvalue weighted by Crippen LogP contribution is 2.17. The summed E-state index contributed by atoms with van der Waals surface area (Å²) in [6.45, 7) is 10.0. The summed E-state index contributed by atoms with van der Waals surface area (Å²) >= 11 is 0. The molecule has 0 spiro atoms. The zero-order chi connectivity index (χ0) is 40.1. The van der Waals surface area contributed by atoms with Crippen molar-refractivity contribution in [3.63, 3.8) is 0 Å². The Balaban J connectivity index is 1.63. The van der Waals surface area contributed by atoms with Crippen LogP contribution >= 0.6 is 0 Å². The monoisotopic (exact) mass is 757 g/mol. The third kappa shape index (κ3) is 13.6. The van der Waals surface area contributed by atoms with Gasteiger partial charge in [-0.1, -0.05) is 68.4 Å². The van der Waals surface area contributed by atoms with Gasteiger partial charge in [-0.2, -0.15) is 0 Å². The van der Waals surface area contributed by atoms with E-state index in [1.54, 1.807) is 49.9 Å². The lowest BCUT2D eigenvalue weighted by Gasteiger charge is -2.33. The zero-order valence-corrected chi connectivity index (χ0v) is 32.3. The summed E-state index contributed by atoms with van der Waals surface area (Å²) in [5.41, 5.74) is 1.15. The number of ether oxygens (including phenoxy) is 1. The fraction of sp³-hybridized carbons (Fsp3) is 0.452. The number of alkyl carbamates (subject to hydrolysis) is 1. The Kier molecular flexibility index (Phi) is 15.1. The third-order valence-electron chi connectivity index (χ3n) is 9.21. The molecule has 13 heteroatoms. The van der Waals surface area contributed by atoms with Gasteiger partial charge < -0.3 is 41.1 Å². The molecule has 4 rings (SSSR count). The Morgan fingerprint density at radius 1 is 0.618 bits per heavy atom. The number of amides is 5. The van der Waals surface area contributed by atoms with Crippen molar-refractivity contribution in [2.75, 3.05) is 13.1 Å². The molecule has 4 atom stereocenters. The molecule has 3 aromatic carbocycles. The first kappa shape index (κ1) is 42.2. The van der Waals surface area contributed by atoms with Gasteiger partial charge in [0.05, 0.1) is 0 Å². The van der Waals surface area contributed by atoms with Crippen molar-refractivity contribution in [3.05, 3.63) is 95.6 Å². The lowest BCUT2D eigenvalue weighted by Crippen LogP contribution is -2.60. The average molecular weight is 758 g/mol. The summed E-state index contributed by atoms with van der Waals surface area (Å²) in [7, 11) is 0. The van der Waals surface area contributed by atoms with Gasteiger partial charge in [-0.25, -0.2) is 4.79 Å². The van der Waals surface area contributed by atoms with Crippen LogP contribution in [0.3, 0.4) is 0 Å². The number of piperidine rings is 1. The maximum Gasteiger partial charge on any atom is 0.408 e. The second kappa shape index (κ2) is 19.7. The van der Waals surface area contributed by atoms with Gasteiger partial charge >= 0.3 is 6.09 Å². The topological polar surface area (TPSA) is 186 Å². The Morgan fingerprint density at radius 3 is 1.47 bits per heavy atom. The van der Waals surface area contributed by atoms with Crippen LogP contribution in [0, 0.1) is 5.92 Å². The lowest BCUT2D eigenvalue weighted by molar-refractivity contribution is -0.139. The van der Waals surface area contributed by atoms with E-state index in [0.29, 0.717) is 24.2 Å². The number of hydrogen-bond acceptors (Lipinski definition) is 8. The standard InChI is InChI=1S/C42H55N5O8/c1-27(2)36(40(53)47-22-10-7-11-23-47)46-39(52)34(26-30-16-20-32(49)21-17-30)44-37(50)33(25-29-14-18-31(48)19-15-29)43-38(51)35(24-28-12-8-6-9-13-28)45-41(54)55-42(3,4)5/h6,8-9,12-21,27,33-36,48-49H,7,10-11,22-26H2,1-5H3,(H,43,51)(H,44,50)(H,45,54)(H,46,52)/t33-,34-,35-,36-/m0/s1. The van der Waals surface area contributed by atoms with Crippen molar-refractivity contribution >= 4 is 29.7 Å². The molecule has 0 unspecified atom stereocenters. The Morgan fingerprint density at radius 2 is 1.04 bits per heavy atom.